The molecule has 2 aromatic rings. The van der Waals surface area contributed by atoms with Crippen LogP contribution in [0.1, 0.15) is 26.3 Å². The molecule has 0 saturated carbocycles. The van der Waals surface area contributed by atoms with Gasteiger partial charge in [-0.15, -0.1) is 0 Å². The fourth-order valence-electron chi connectivity index (χ4n) is 1.84. The van der Waals surface area contributed by atoms with Gasteiger partial charge in [-0.2, -0.15) is 5.10 Å². The van der Waals surface area contributed by atoms with E-state index in [2.05, 4.69) is 26.5 Å². The molecule has 24 heavy (non-hydrogen) atoms. The maximum Gasteiger partial charge on any atom is 0.274 e. The molecule has 2 amide bonds. The number of carbonyl (C=O) groups is 2. The summed E-state index contributed by atoms with van der Waals surface area (Å²) < 4.78 is 5.92. The van der Waals surface area contributed by atoms with Gasteiger partial charge in [-0.25, -0.2) is 10.9 Å². The second-order valence-electron chi connectivity index (χ2n) is 4.61. The lowest BCUT2D eigenvalue weighted by Gasteiger charge is -2.04. The lowest BCUT2D eigenvalue weighted by molar-refractivity contribution is 0.0706. The molecule has 0 atom stereocenters. The van der Waals surface area contributed by atoms with E-state index in [4.69, 9.17) is 9.94 Å². The predicted octanol–water partition coefficient (Wildman–Crippen LogP) is 2.34. The van der Waals surface area contributed by atoms with Gasteiger partial charge in [0.25, 0.3) is 11.8 Å². The van der Waals surface area contributed by atoms with E-state index in [0.29, 0.717) is 5.75 Å². The molecule has 2 aromatic carbocycles. The largest absolute Gasteiger partial charge is 0.497 e. The zero-order chi connectivity index (χ0) is 17.5. The summed E-state index contributed by atoms with van der Waals surface area (Å²) in [6, 6.07) is 11.2. The molecule has 0 bridgehead atoms. The maximum absolute atomic E-state index is 12.1. The Bertz CT molecular complexity index is 793. The minimum Gasteiger partial charge on any atom is -0.497 e. The molecule has 0 aromatic heterocycles. The molecule has 7 nitrogen and oxygen atoms in total. The van der Waals surface area contributed by atoms with Crippen molar-refractivity contribution in [2.75, 3.05) is 7.11 Å². The summed E-state index contributed by atoms with van der Waals surface area (Å²) in [7, 11) is 1.56. The van der Waals surface area contributed by atoms with Gasteiger partial charge in [0.05, 0.1) is 13.3 Å². The highest BCUT2D eigenvalue weighted by Crippen LogP contribution is 2.20. The van der Waals surface area contributed by atoms with Gasteiger partial charge in [0, 0.05) is 21.2 Å². The topological polar surface area (TPSA) is 100 Å². The number of nitrogens with one attached hydrogen (secondary N) is 2. The highest BCUT2D eigenvalue weighted by Gasteiger charge is 2.09. The first-order valence-corrected chi connectivity index (χ1v) is 7.56. The number of nitrogens with zero attached hydrogens (tertiary/aromatic N) is 1. The Balaban J connectivity index is 2.09. The average molecular weight is 392 g/mol. The van der Waals surface area contributed by atoms with Crippen LogP contribution in [0, 0.1) is 0 Å². The standard InChI is InChI=1S/C16H14BrN3O4/c1-24-13-5-6-14(17)12(8-13)9-18-19-15(21)10-3-2-4-11(7-10)16(22)20-23/h2-9,23H,1H3,(H,19,21)(H,20,22)/b18-9+. The smallest absolute Gasteiger partial charge is 0.274 e. The van der Waals surface area contributed by atoms with E-state index in [1.807, 2.05) is 0 Å². The Labute approximate surface area is 146 Å². The van der Waals surface area contributed by atoms with E-state index in [-0.39, 0.29) is 11.1 Å². The van der Waals surface area contributed by atoms with Crippen molar-refractivity contribution in [3.8, 4) is 5.75 Å². The van der Waals surface area contributed by atoms with Gasteiger partial charge in [-0.3, -0.25) is 14.8 Å². The summed E-state index contributed by atoms with van der Waals surface area (Å²) in [5.41, 5.74) is 5.00. The molecule has 0 fully saturated rings. The first-order chi connectivity index (χ1) is 11.5. The third kappa shape index (κ3) is 4.40. The van der Waals surface area contributed by atoms with Crippen molar-refractivity contribution in [2.24, 2.45) is 5.10 Å². The summed E-state index contributed by atoms with van der Waals surface area (Å²) in [4.78, 5) is 23.4. The Kier molecular flexibility index (Phi) is 6.05. The molecule has 0 spiro atoms. The molecule has 0 saturated heterocycles. The van der Waals surface area contributed by atoms with Crippen LogP contribution in [0.15, 0.2) is 52.0 Å². The summed E-state index contributed by atoms with van der Waals surface area (Å²) in [5.74, 6) is -0.528. The second-order valence-corrected chi connectivity index (χ2v) is 5.46. The Morgan fingerprint density at radius 2 is 1.88 bits per heavy atom. The van der Waals surface area contributed by atoms with Crippen LogP contribution in [-0.2, 0) is 0 Å². The molecule has 0 aliphatic carbocycles. The minimum atomic E-state index is -0.700. The van der Waals surface area contributed by atoms with Gasteiger partial charge in [0.2, 0.25) is 0 Å². The molecule has 0 aliphatic rings. The van der Waals surface area contributed by atoms with E-state index in [1.54, 1.807) is 25.3 Å². The highest BCUT2D eigenvalue weighted by molar-refractivity contribution is 9.10. The molecule has 0 heterocycles. The van der Waals surface area contributed by atoms with Crippen molar-refractivity contribution >= 4 is 34.0 Å². The van der Waals surface area contributed by atoms with Gasteiger partial charge in [0.1, 0.15) is 5.75 Å². The summed E-state index contributed by atoms with van der Waals surface area (Å²) >= 11 is 3.38. The van der Waals surface area contributed by atoms with E-state index in [1.165, 1.54) is 36.0 Å². The van der Waals surface area contributed by atoms with Crippen LogP contribution in [0.5, 0.6) is 5.75 Å². The zero-order valence-electron chi connectivity index (χ0n) is 12.6. The van der Waals surface area contributed by atoms with Crippen molar-refractivity contribution < 1.29 is 19.5 Å². The lowest BCUT2D eigenvalue weighted by atomic mass is 10.1. The number of hydrogen-bond acceptors (Lipinski definition) is 5. The number of rotatable bonds is 5. The lowest BCUT2D eigenvalue weighted by Crippen LogP contribution is -2.21. The molecule has 0 unspecified atom stereocenters. The first-order valence-electron chi connectivity index (χ1n) is 6.76. The maximum atomic E-state index is 12.1. The van der Waals surface area contributed by atoms with E-state index < -0.39 is 11.8 Å². The van der Waals surface area contributed by atoms with E-state index in [0.717, 1.165) is 10.0 Å². The number of methoxy groups -OCH3 is 1. The van der Waals surface area contributed by atoms with Crippen molar-refractivity contribution in [1.29, 1.82) is 0 Å². The fraction of sp³-hybridized carbons (Fsp3) is 0.0625. The number of amides is 2. The SMILES string of the molecule is COc1ccc(Br)c(/C=N/NC(=O)c2cccc(C(=O)NO)c2)c1. The minimum absolute atomic E-state index is 0.157. The number of benzene rings is 2. The summed E-state index contributed by atoms with van der Waals surface area (Å²) in [6.07, 6.45) is 1.47. The van der Waals surface area contributed by atoms with Gasteiger partial charge in [-0.1, -0.05) is 22.0 Å². The van der Waals surface area contributed by atoms with Crippen molar-refractivity contribution in [2.45, 2.75) is 0 Å². The predicted molar refractivity (Wildman–Crippen MR) is 91.4 cm³/mol. The van der Waals surface area contributed by atoms with Crippen molar-refractivity contribution in [3.63, 3.8) is 0 Å². The Hall–Kier alpha value is -2.71. The van der Waals surface area contributed by atoms with Crippen LogP contribution >= 0.6 is 15.9 Å². The molecular formula is C16H14BrN3O4. The van der Waals surface area contributed by atoms with Crippen LogP contribution in [-0.4, -0.2) is 30.3 Å². The molecule has 3 N–H and O–H groups in total. The zero-order valence-corrected chi connectivity index (χ0v) is 14.2. The highest BCUT2D eigenvalue weighted by atomic mass is 79.9. The molecule has 8 heteroatoms. The molecule has 2 rings (SSSR count). The number of hydrazone groups is 1. The molecule has 124 valence electrons. The third-order valence-electron chi connectivity index (χ3n) is 3.06. The van der Waals surface area contributed by atoms with Gasteiger partial charge in [0.15, 0.2) is 0 Å². The molecular weight excluding hydrogens is 378 g/mol. The second kappa shape index (κ2) is 8.23. The van der Waals surface area contributed by atoms with Gasteiger partial charge < -0.3 is 4.74 Å². The Morgan fingerprint density at radius 1 is 1.17 bits per heavy atom. The van der Waals surface area contributed by atoms with Crippen LogP contribution in [0.25, 0.3) is 0 Å². The number of hydrogen-bond donors (Lipinski definition) is 3. The monoisotopic (exact) mass is 391 g/mol. The summed E-state index contributed by atoms with van der Waals surface area (Å²) in [5, 5.41) is 12.5. The number of ether oxygens (including phenoxy) is 1. The number of hydroxylamine groups is 1. The van der Waals surface area contributed by atoms with E-state index >= 15 is 0 Å². The van der Waals surface area contributed by atoms with Crippen LogP contribution in [0.3, 0.4) is 0 Å². The van der Waals surface area contributed by atoms with Gasteiger partial charge >= 0.3 is 0 Å². The van der Waals surface area contributed by atoms with Crippen LogP contribution < -0.4 is 15.6 Å². The first kappa shape index (κ1) is 17.6. The quantitative estimate of drug-likeness (QED) is 0.413. The fourth-order valence-corrected chi connectivity index (χ4v) is 2.19. The van der Waals surface area contributed by atoms with Crippen molar-refractivity contribution in [1.82, 2.24) is 10.9 Å². The normalized spacial score (nSPS) is 10.5. The number of carbonyl (C=O) groups excluding carboxylic acids is 2. The molecule has 0 aliphatic heterocycles. The molecule has 0 radical (unpaired) electrons. The van der Waals surface area contributed by atoms with E-state index in [9.17, 15) is 9.59 Å². The van der Waals surface area contributed by atoms with Crippen LogP contribution in [0.2, 0.25) is 0 Å². The van der Waals surface area contributed by atoms with Crippen molar-refractivity contribution in [3.05, 3.63) is 63.6 Å². The number of halogens is 1. The Morgan fingerprint density at radius 3 is 2.54 bits per heavy atom. The third-order valence-corrected chi connectivity index (χ3v) is 3.78. The van der Waals surface area contributed by atoms with Crippen LogP contribution in [0.4, 0.5) is 0 Å². The van der Waals surface area contributed by atoms with Gasteiger partial charge in [-0.05, 0) is 36.4 Å². The average Bonchev–Trinajstić information content (AvgIpc) is 2.62. The summed E-state index contributed by atoms with van der Waals surface area (Å²) in [6.45, 7) is 0.